The number of thioether (sulfide) groups is 1. The fourth-order valence-corrected chi connectivity index (χ4v) is 4.46. The third-order valence-electron chi connectivity index (χ3n) is 4.95. The monoisotopic (exact) mass is 393 g/mol. The van der Waals surface area contributed by atoms with Gasteiger partial charge in [0.05, 0.1) is 6.04 Å². The van der Waals surface area contributed by atoms with Crippen LogP contribution in [0, 0.1) is 13.8 Å². The Bertz CT molecular complexity index is 998. The van der Waals surface area contributed by atoms with Crippen molar-refractivity contribution in [2.24, 2.45) is 0 Å². The first kappa shape index (κ1) is 18.6. The minimum Gasteiger partial charge on any atom is -0.325 e. The molecule has 0 spiro atoms. The van der Waals surface area contributed by atoms with Crippen LogP contribution in [0.25, 0.3) is 0 Å². The highest BCUT2D eigenvalue weighted by Gasteiger charge is 2.37. The number of hydrogen-bond donors (Lipinski definition) is 2. The number of nitrogens with one attached hydrogen (secondary N) is 2. The van der Waals surface area contributed by atoms with E-state index in [0.717, 1.165) is 29.1 Å². The zero-order valence-corrected chi connectivity index (χ0v) is 17.0. The molecule has 28 heavy (non-hydrogen) atoms. The topological polar surface area (TPSA) is 71.8 Å². The largest absolute Gasteiger partial charge is 0.325 e. The summed E-state index contributed by atoms with van der Waals surface area (Å²) in [6.07, 6.45) is 0.863. The Morgan fingerprint density at radius 2 is 1.89 bits per heavy atom. The number of nitrogens with zero attached hydrogens (tertiary/aromatic N) is 3. The maximum Gasteiger partial charge on any atom is 0.240 e. The van der Waals surface area contributed by atoms with Gasteiger partial charge in [-0.1, -0.05) is 66.7 Å². The Morgan fingerprint density at radius 3 is 2.64 bits per heavy atom. The van der Waals surface area contributed by atoms with Gasteiger partial charge in [-0.05, 0) is 37.5 Å². The first-order chi connectivity index (χ1) is 13.6. The standard InChI is InChI=1S/C21H23N5OS/c1-4-15-7-5-6-8-17(15)22-20(27)19-18(16-11-9-13(2)10-12-16)25-26-14(3)23-24-21(26)28-19/h5-12,18-19,25H,4H2,1-3H3,(H,22,27)/t18-,19-/m0/s1. The van der Waals surface area contributed by atoms with E-state index in [-0.39, 0.29) is 17.2 Å². The lowest BCUT2D eigenvalue weighted by Gasteiger charge is -2.33. The van der Waals surface area contributed by atoms with Crippen LogP contribution >= 0.6 is 11.8 Å². The van der Waals surface area contributed by atoms with Gasteiger partial charge in [-0.15, -0.1) is 10.2 Å². The first-order valence-corrected chi connectivity index (χ1v) is 10.3. The summed E-state index contributed by atoms with van der Waals surface area (Å²) in [6, 6.07) is 16.0. The third-order valence-corrected chi connectivity index (χ3v) is 6.16. The summed E-state index contributed by atoms with van der Waals surface area (Å²) >= 11 is 1.44. The van der Waals surface area contributed by atoms with Crippen molar-refractivity contribution in [1.29, 1.82) is 0 Å². The lowest BCUT2D eigenvalue weighted by molar-refractivity contribution is -0.116. The van der Waals surface area contributed by atoms with E-state index in [1.54, 1.807) is 0 Å². The van der Waals surface area contributed by atoms with Gasteiger partial charge < -0.3 is 10.7 Å². The van der Waals surface area contributed by atoms with Crippen LogP contribution in [0.1, 0.15) is 35.5 Å². The fourth-order valence-electron chi connectivity index (χ4n) is 3.34. The molecule has 7 heteroatoms. The van der Waals surface area contributed by atoms with Crippen molar-refractivity contribution < 1.29 is 4.79 Å². The molecule has 1 aromatic heterocycles. The van der Waals surface area contributed by atoms with E-state index in [4.69, 9.17) is 0 Å². The molecular weight excluding hydrogens is 370 g/mol. The molecule has 0 saturated carbocycles. The number of hydrogen-bond acceptors (Lipinski definition) is 5. The second-order valence-electron chi connectivity index (χ2n) is 6.92. The van der Waals surface area contributed by atoms with Gasteiger partial charge in [0.1, 0.15) is 11.1 Å². The highest BCUT2D eigenvalue weighted by Crippen LogP contribution is 2.37. The highest BCUT2D eigenvalue weighted by atomic mass is 32.2. The third kappa shape index (κ3) is 3.49. The van der Waals surface area contributed by atoms with E-state index in [2.05, 4.69) is 59.1 Å². The van der Waals surface area contributed by atoms with Gasteiger partial charge in [0, 0.05) is 5.69 Å². The molecular formula is C21H23N5OS. The highest BCUT2D eigenvalue weighted by molar-refractivity contribution is 8.00. The number of fused-ring (bicyclic) bond motifs is 1. The number of para-hydroxylation sites is 1. The van der Waals surface area contributed by atoms with Gasteiger partial charge in [0.15, 0.2) is 0 Å². The molecule has 1 amide bonds. The van der Waals surface area contributed by atoms with Crippen LogP contribution in [0.15, 0.2) is 53.7 Å². The van der Waals surface area contributed by atoms with E-state index < -0.39 is 0 Å². The summed E-state index contributed by atoms with van der Waals surface area (Å²) < 4.78 is 1.86. The van der Waals surface area contributed by atoms with E-state index in [9.17, 15) is 4.79 Å². The molecule has 4 rings (SSSR count). The zero-order valence-electron chi connectivity index (χ0n) is 16.1. The van der Waals surface area contributed by atoms with Gasteiger partial charge in [0.2, 0.25) is 11.1 Å². The Balaban J connectivity index is 1.67. The van der Waals surface area contributed by atoms with E-state index in [0.29, 0.717) is 5.16 Å². The van der Waals surface area contributed by atoms with Crippen molar-refractivity contribution >= 4 is 23.4 Å². The molecule has 144 valence electrons. The minimum atomic E-state index is -0.372. The molecule has 0 saturated heterocycles. The van der Waals surface area contributed by atoms with Crippen molar-refractivity contribution in [3.05, 3.63) is 71.0 Å². The van der Waals surface area contributed by atoms with Crippen LogP contribution in [-0.2, 0) is 11.2 Å². The number of aryl methyl sites for hydroxylation is 3. The average Bonchev–Trinajstić information content (AvgIpc) is 3.08. The van der Waals surface area contributed by atoms with Crippen molar-refractivity contribution in [3.8, 4) is 0 Å². The van der Waals surface area contributed by atoms with Crippen molar-refractivity contribution in [2.45, 2.75) is 43.6 Å². The number of benzene rings is 2. The van der Waals surface area contributed by atoms with Crippen molar-refractivity contribution in [2.75, 3.05) is 10.7 Å². The first-order valence-electron chi connectivity index (χ1n) is 9.37. The molecule has 2 atom stereocenters. The molecule has 0 fully saturated rings. The Kier molecular flexibility index (Phi) is 5.09. The number of carbonyl (C=O) groups is 1. The van der Waals surface area contributed by atoms with Crippen molar-refractivity contribution in [3.63, 3.8) is 0 Å². The molecule has 0 radical (unpaired) electrons. The molecule has 6 nitrogen and oxygen atoms in total. The summed E-state index contributed by atoms with van der Waals surface area (Å²) in [6.45, 7) is 6.04. The Morgan fingerprint density at radius 1 is 1.14 bits per heavy atom. The average molecular weight is 394 g/mol. The molecule has 2 aromatic carbocycles. The quantitative estimate of drug-likeness (QED) is 0.704. The summed E-state index contributed by atoms with van der Waals surface area (Å²) in [5, 5.41) is 11.8. The number of amides is 1. The number of carbonyl (C=O) groups excluding carboxylic acids is 1. The van der Waals surface area contributed by atoms with Gasteiger partial charge >= 0.3 is 0 Å². The normalized spacial score (nSPS) is 18.2. The van der Waals surface area contributed by atoms with Crippen LogP contribution < -0.4 is 10.7 Å². The van der Waals surface area contributed by atoms with E-state index >= 15 is 0 Å². The smallest absolute Gasteiger partial charge is 0.240 e. The fraction of sp³-hybridized carbons (Fsp3) is 0.286. The second-order valence-corrected chi connectivity index (χ2v) is 8.03. The minimum absolute atomic E-state index is 0.0455. The lowest BCUT2D eigenvalue weighted by atomic mass is 10.0. The number of anilines is 1. The number of aromatic nitrogens is 3. The van der Waals surface area contributed by atoms with Gasteiger partial charge in [-0.2, -0.15) is 0 Å². The molecule has 2 N–H and O–H groups in total. The predicted octanol–water partition coefficient (Wildman–Crippen LogP) is 3.86. The number of rotatable bonds is 4. The summed E-state index contributed by atoms with van der Waals surface area (Å²) in [4.78, 5) is 13.3. The summed E-state index contributed by atoms with van der Waals surface area (Å²) in [5.74, 6) is 0.727. The lowest BCUT2D eigenvalue weighted by Crippen LogP contribution is -2.41. The molecule has 1 aliphatic rings. The van der Waals surface area contributed by atoms with Gasteiger partial charge in [-0.3, -0.25) is 4.79 Å². The van der Waals surface area contributed by atoms with Gasteiger partial charge in [0.25, 0.3) is 0 Å². The predicted molar refractivity (Wildman–Crippen MR) is 112 cm³/mol. The van der Waals surface area contributed by atoms with E-state index in [1.165, 1.54) is 17.3 Å². The SMILES string of the molecule is CCc1ccccc1NC(=O)[C@H]1Sc2nnc(C)n2N[C@H]1c1ccc(C)cc1. The molecule has 0 unspecified atom stereocenters. The van der Waals surface area contributed by atoms with Crippen LogP contribution in [0.3, 0.4) is 0 Å². The van der Waals surface area contributed by atoms with Crippen LogP contribution in [0.4, 0.5) is 5.69 Å². The Labute approximate surface area is 168 Å². The molecule has 1 aliphatic heterocycles. The molecule has 2 heterocycles. The van der Waals surface area contributed by atoms with Crippen LogP contribution in [0.5, 0.6) is 0 Å². The zero-order chi connectivity index (χ0) is 19.7. The van der Waals surface area contributed by atoms with Crippen molar-refractivity contribution in [1.82, 2.24) is 14.9 Å². The van der Waals surface area contributed by atoms with Gasteiger partial charge in [-0.25, -0.2) is 4.68 Å². The molecule has 3 aromatic rings. The van der Waals surface area contributed by atoms with Crippen LogP contribution in [0.2, 0.25) is 0 Å². The molecule has 0 bridgehead atoms. The maximum absolute atomic E-state index is 13.3. The summed E-state index contributed by atoms with van der Waals surface area (Å²) in [7, 11) is 0. The van der Waals surface area contributed by atoms with E-state index in [1.807, 2.05) is 35.9 Å². The Hall–Kier alpha value is -2.80. The summed E-state index contributed by atoms with van der Waals surface area (Å²) in [5.41, 5.74) is 7.66. The van der Waals surface area contributed by atoms with Crippen LogP contribution in [-0.4, -0.2) is 26.0 Å². The second kappa shape index (κ2) is 7.67. The maximum atomic E-state index is 13.3. The molecule has 0 aliphatic carbocycles.